The summed E-state index contributed by atoms with van der Waals surface area (Å²) in [5.74, 6) is 1.37. The van der Waals surface area contributed by atoms with E-state index in [0.717, 1.165) is 22.8 Å². The molecular formula is C23H24O5. The third-order valence-corrected chi connectivity index (χ3v) is 4.63. The molecule has 0 N–H and O–H groups in total. The summed E-state index contributed by atoms with van der Waals surface area (Å²) < 4.78 is 16.9. The quantitative estimate of drug-likeness (QED) is 0.425. The van der Waals surface area contributed by atoms with Gasteiger partial charge < -0.3 is 13.9 Å². The van der Waals surface area contributed by atoms with Gasteiger partial charge in [-0.2, -0.15) is 0 Å². The fraction of sp³-hybridized carbons (Fsp3) is 0.304. The molecule has 0 aliphatic rings. The molecule has 5 heteroatoms. The summed E-state index contributed by atoms with van der Waals surface area (Å²) in [6.45, 7) is 8.78. The van der Waals surface area contributed by atoms with Crippen molar-refractivity contribution in [1.82, 2.24) is 0 Å². The maximum absolute atomic E-state index is 12.0. The summed E-state index contributed by atoms with van der Waals surface area (Å²) in [7, 11) is 0. The number of benzene rings is 2. The lowest BCUT2D eigenvalue weighted by atomic mass is 9.95. The fourth-order valence-corrected chi connectivity index (χ4v) is 3.27. The van der Waals surface area contributed by atoms with Crippen LogP contribution in [-0.2, 0) is 6.61 Å². The van der Waals surface area contributed by atoms with Crippen molar-refractivity contribution in [2.45, 2.75) is 40.2 Å². The number of hydrogen-bond donors (Lipinski definition) is 0. The lowest BCUT2D eigenvalue weighted by Crippen LogP contribution is -2.06. The van der Waals surface area contributed by atoms with E-state index in [1.54, 1.807) is 18.2 Å². The van der Waals surface area contributed by atoms with Crippen LogP contribution in [0.25, 0.3) is 11.0 Å². The highest BCUT2D eigenvalue weighted by Gasteiger charge is 2.13. The zero-order valence-electron chi connectivity index (χ0n) is 16.6. The lowest BCUT2D eigenvalue weighted by molar-refractivity contribution is 0.112. The third kappa shape index (κ3) is 4.09. The van der Waals surface area contributed by atoms with Crippen molar-refractivity contribution in [3.63, 3.8) is 0 Å². The van der Waals surface area contributed by atoms with Crippen molar-refractivity contribution in [1.29, 1.82) is 0 Å². The molecule has 3 rings (SSSR count). The van der Waals surface area contributed by atoms with Crippen LogP contribution in [0.5, 0.6) is 11.5 Å². The minimum Gasteiger partial charge on any atom is -0.490 e. The van der Waals surface area contributed by atoms with Gasteiger partial charge in [0.15, 0.2) is 11.5 Å². The average Bonchev–Trinajstić information content (AvgIpc) is 2.66. The Morgan fingerprint density at radius 2 is 1.86 bits per heavy atom. The molecule has 1 aromatic heterocycles. The molecule has 0 saturated carbocycles. The summed E-state index contributed by atoms with van der Waals surface area (Å²) in [5.41, 5.74) is 3.69. The van der Waals surface area contributed by atoms with E-state index in [9.17, 15) is 9.59 Å². The average molecular weight is 380 g/mol. The monoisotopic (exact) mass is 380 g/mol. The number of hydrogen-bond acceptors (Lipinski definition) is 5. The smallest absolute Gasteiger partial charge is 0.336 e. The van der Waals surface area contributed by atoms with E-state index in [0.29, 0.717) is 35.2 Å². The van der Waals surface area contributed by atoms with Crippen LogP contribution >= 0.6 is 0 Å². The second-order valence-electron chi connectivity index (χ2n) is 7.00. The Morgan fingerprint density at radius 1 is 1.07 bits per heavy atom. The molecule has 0 fully saturated rings. The number of ether oxygens (including phenoxy) is 2. The zero-order chi connectivity index (χ0) is 20.3. The number of aryl methyl sites for hydroxylation is 1. The Balaban J connectivity index is 1.99. The molecule has 146 valence electrons. The Labute approximate surface area is 163 Å². The van der Waals surface area contributed by atoms with Crippen molar-refractivity contribution in [2.24, 2.45) is 0 Å². The van der Waals surface area contributed by atoms with Crippen molar-refractivity contribution in [3.05, 3.63) is 69.1 Å². The minimum absolute atomic E-state index is 0.184. The van der Waals surface area contributed by atoms with Crippen molar-refractivity contribution in [2.75, 3.05) is 6.61 Å². The first kappa shape index (κ1) is 19.7. The molecule has 0 aliphatic heterocycles. The first-order valence-corrected chi connectivity index (χ1v) is 9.35. The highest BCUT2D eigenvalue weighted by atomic mass is 16.5. The topological polar surface area (TPSA) is 65.7 Å². The van der Waals surface area contributed by atoms with Gasteiger partial charge in [-0.1, -0.05) is 13.8 Å². The molecule has 0 spiro atoms. The van der Waals surface area contributed by atoms with Crippen LogP contribution in [0.15, 0.2) is 45.6 Å². The summed E-state index contributed by atoms with van der Waals surface area (Å²) in [6.07, 6.45) is 0.762. The highest BCUT2D eigenvalue weighted by molar-refractivity contribution is 5.82. The Bertz CT molecular complexity index is 1060. The number of carbonyl (C=O) groups excluding carboxylic acids is 1. The van der Waals surface area contributed by atoms with Gasteiger partial charge in [0.1, 0.15) is 18.5 Å². The standard InChI is InChI=1S/C23H24O5/c1-5-26-22-9-16(12-24)6-7-20(22)27-13-17-10-23(25)28-21-8-15(4)18(14(2)3)11-19(17)21/h6-12,14H,5,13H2,1-4H3. The molecule has 0 aliphatic carbocycles. The largest absolute Gasteiger partial charge is 0.490 e. The zero-order valence-corrected chi connectivity index (χ0v) is 16.6. The molecule has 0 saturated heterocycles. The molecule has 0 radical (unpaired) electrons. The van der Waals surface area contributed by atoms with E-state index in [1.807, 2.05) is 19.9 Å². The van der Waals surface area contributed by atoms with Gasteiger partial charge in [0, 0.05) is 22.6 Å². The molecular weight excluding hydrogens is 356 g/mol. The second-order valence-corrected chi connectivity index (χ2v) is 7.00. The maximum Gasteiger partial charge on any atom is 0.336 e. The van der Waals surface area contributed by atoms with Gasteiger partial charge in [0.25, 0.3) is 0 Å². The van der Waals surface area contributed by atoms with E-state index in [4.69, 9.17) is 13.9 Å². The second kappa shape index (κ2) is 8.30. The molecule has 28 heavy (non-hydrogen) atoms. The predicted octanol–water partition coefficient (Wildman–Crippen LogP) is 5.02. The van der Waals surface area contributed by atoms with Crippen LogP contribution in [0, 0.1) is 6.92 Å². The van der Waals surface area contributed by atoms with Crippen LogP contribution in [0.2, 0.25) is 0 Å². The van der Waals surface area contributed by atoms with Crippen LogP contribution in [-0.4, -0.2) is 12.9 Å². The molecule has 1 heterocycles. The van der Waals surface area contributed by atoms with Gasteiger partial charge in [-0.3, -0.25) is 4.79 Å². The van der Waals surface area contributed by atoms with Gasteiger partial charge in [-0.25, -0.2) is 4.79 Å². The van der Waals surface area contributed by atoms with Crippen LogP contribution in [0.1, 0.15) is 53.7 Å². The lowest BCUT2D eigenvalue weighted by Gasteiger charge is -2.15. The van der Waals surface area contributed by atoms with E-state index >= 15 is 0 Å². The number of aldehydes is 1. The predicted molar refractivity (Wildman–Crippen MR) is 109 cm³/mol. The Hall–Kier alpha value is -3.08. The third-order valence-electron chi connectivity index (χ3n) is 4.63. The van der Waals surface area contributed by atoms with Crippen LogP contribution in [0.3, 0.4) is 0 Å². The molecule has 0 amide bonds. The first-order valence-electron chi connectivity index (χ1n) is 9.35. The normalized spacial score (nSPS) is 11.0. The highest BCUT2D eigenvalue weighted by Crippen LogP contribution is 2.31. The molecule has 0 atom stereocenters. The molecule has 5 nitrogen and oxygen atoms in total. The maximum atomic E-state index is 12.0. The van der Waals surface area contributed by atoms with E-state index < -0.39 is 5.63 Å². The van der Waals surface area contributed by atoms with Gasteiger partial charge >= 0.3 is 5.63 Å². The van der Waals surface area contributed by atoms with Crippen molar-refractivity contribution in [3.8, 4) is 11.5 Å². The number of carbonyl (C=O) groups is 1. The molecule has 0 unspecified atom stereocenters. The fourth-order valence-electron chi connectivity index (χ4n) is 3.27. The van der Waals surface area contributed by atoms with Gasteiger partial charge in [-0.05, 0) is 61.2 Å². The number of rotatable bonds is 7. The van der Waals surface area contributed by atoms with Crippen LogP contribution < -0.4 is 15.1 Å². The summed E-state index contributed by atoms with van der Waals surface area (Å²) >= 11 is 0. The number of fused-ring (bicyclic) bond motifs is 1. The summed E-state index contributed by atoms with van der Waals surface area (Å²) in [6, 6.07) is 10.4. The van der Waals surface area contributed by atoms with Crippen molar-refractivity contribution < 1.29 is 18.7 Å². The SMILES string of the molecule is CCOc1cc(C=O)ccc1OCc1cc(=O)oc2cc(C)c(C(C)C)cc12. The van der Waals surface area contributed by atoms with Crippen LogP contribution in [0.4, 0.5) is 0 Å². The van der Waals surface area contributed by atoms with E-state index in [-0.39, 0.29) is 6.61 Å². The Morgan fingerprint density at radius 3 is 2.54 bits per heavy atom. The minimum atomic E-state index is -0.413. The summed E-state index contributed by atoms with van der Waals surface area (Å²) in [5, 5.41) is 0.858. The van der Waals surface area contributed by atoms with E-state index in [2.05, 4.69) is 19.9 Å². The Kier molecular flexibility index (Phi) is 5.83. The molecule has 2 aromatic carbocycles. The van der Waals surface area contributed by atoms with Gasteiger partial charge in [-0.15, -0.1) is 0 Å². The van der Waals surface area contributed by atoms with Crippen molar-refractivity contribution >= 4 is 17.3 Å². The van der Waals surface area contributed by atoms with Gasteiger partial charge in [0.2, 0.25) is 0 Å². The van der Waals surface area contributed by atoms with Gasteiger partial charge in [0.05, 0.1) is 6.61 Å². The summed E-state index contributed by atoms with van der Waals surface area (Å²) in [4.78, 5) is 23.0. The molecule has 3 aromatic rings. The van der Waals surface area contributed by atoms with E-state index in [1.165, 1.54) is 11.6 Å². The molecule has 0 bridgehead atoms. The first-order chi connectivity index (χ1) is 13.4.